The molecule has 0 aliphatic rings. The van der Waals surface area contributed by atoms with Crippen molar-refractivity contribution in [2.75, 3.05) is 0 Å². The van der Waals surface area contributed by atoms with E-state index in [-0.39, 0.29) is 6.04 Å². The minimum atomic E-state index is 0.227. The Balaban J connectivity index is 2.19. The highest BCUT2D eigenvalue weighted by molar-refractivity contribution is 6.30. The first-order valence-corrected chi connectivity index (χ1v) is 6.95. The Kier molecular flexibility index (Phi) is 4.61. The Morgan fingerprint density at radius 3 is 2.79 bits per heavy atom. The van der Waals surface area contributed by atoms with E-state index in [2.05, 4.69) is 41.7 Å². The summed E-state index contributed by atoms with van der Waals surface area (Å²) in [6.07, 6.45) is 3.79. The quantitative estimate of drug-likeness (QED) is 0.904. The summed E-state index contributed by atoms with van der Waals surface area (Å²) in [6, 6.07) is 8.67. The van der Waals surface area contributed by atoms with Gasteiger partial charge in [0, 0.05) is 23.8 Å². The highest BCUT2D eigenvalue weighted by Gasteiger charge is 2.12. The van der Waals surface area contributed by atoms with Crippen LogP contribution in [0.5, 0.6) is 0 Å². The highest BCUT2D eigenvalue weighted by atomic mass is 35.5. The van der Waals surface area contributed by atoms with Gasteiger partial charge in [-0.25, -0.2) is 4.98 Å². The Hall–Kier alpha value is -1.32. The van der Waals surface area contributed by atoms with E-state index < -0.39 is 0 Å². The van der Waals surface area contributed by atoms with Gasteiger partial charge in [0.25, 0.3) is 0 Å². The molecule has 1 unspecified atom stereocenters. The van der Waals surface area contributed by atoms with Crippen LogP contribution in [0.3, 0.4) is 0 Å². The van der Waals surface area contributed by atoms with Crippen LogP contribution in [0.1, 0.15) is 38.1 Å². The molecule has 1 N–H and O–H groups in total. The number of aromatic nitrogens is 2. The fourth-order valence-electron chi connectivity index (χ4n) is 2.05. The van der Waals surface area contributed by atoms with E-state index >= 15 is 0 Å². The number of rotatable bonds is 5. The molecule has 102 valence electrons. The number of nitrogens with zero attached hydrogens (tertiary/aromatic N) is 2. The third-order valence-corrected chi connectivity index (χ3v) is 3.42. The van der Waals surface area contributed by atoms with Gasteiger partial charge < -0.3 is 9.88 Å². The number of hydrogen-bond acceptors (Lipinski definition) is 2. The van der Waals surface area contributed by atoms with Gasteiger partial charge in [0.05, 0.1) is 18.1 Å². The van der Waals surface area contributed by atoms with Crippen LogP contribution in [0.2, 0.25) is 5.02 Å². The van der Waals surface area contributed by atoms with E-state index in [1.807, 2.05) is 30.7 Å². The fourth-order valence-corrected chi connectivity index (χ4v) is 2.25. The molecule has 0 aliphatic carbocycles. The van der Waals surface area contributed by atoms with Gasteiger partial charge >= 0.3 is 0 Å². The summed E-state index contributed by atoms with van der Waals surface area (Å²) in [7, 11) is 0. The van der Waals surface area contributed by atoms with E-state index in [1.165, 1.54) is 11.3 Å². The third-order valence-electron chi connectivity index (χ3n) is 3.19. The summed E-state index contributed by atoms with van der Waals surface area (Å²) < 4.78 is 2.18. The Morgan fingerprint density at radius 2 is 2.11 bits per heavy atom. The number of hydrogen-bond donors (Lipinski definition) is 1. The van der Waals surface area contributed by atoms with Crippen LogP contribution in [0, 0.1) is 0 Å². The van der Waals surface area contributed by atoms with E-state index in [9.17, 15) is 0 Å². The number of halogens is 1. The van der Waals surface area contributed by atoms with Crippen LogP contribution >= 0.6 is 11.6 Å². The summed E-state index contributed by atoms with van der Waals surface area (Å²) in [5.74, 6) is 0. The lowest BCUT2D eigenvalue weighted by atomic mass is 10.1. The van der Waals surface area contributed by atoms with Crippen LogP contribution in [0.15, 0.2) is 36.8 Å². The second-order valence-electron chi connectivity index (χ2n) is 5.06. The fraction of sp³-hybridized carbons (Fsp3) is 0.400. The zero-order valence-electron chi connectivity index (χ0n) is 11.6. The molecule has 0 saturated carbocycles. The normalized spacial score (nSPS) is 12.9. The van der Waals surface area contributed by atoms with Crippen molar-refractivity contribution in [3.05, 3.63) is 53.1 Å². The van der Waals surface area contributed by atoms with Gasteiger partial charge in [0.2, 0.25) is 0 Å². The standard InChI is InChI=1S/C15H20ClN3/c1-11(2)18-9-15-8-17-10-19(15)12(3)13-5-4-6-14(16)7-13/h4-8,10-12,18H,9H2,1-3H3. The van der Waals surface area contributed by atoms with Gasteiger partial charge in [0.1, 0.15) is 0 Å². The van der Waals surface area contributed by atoms with Crippen molar-refractivity contribution in [2.45, 2.75) is 39.4 Å². The average Bonchev–Trinajstić information content (AvgIpc) is 2.83. The first kappa shape index (κ1) is 14.1. The lowest BCUT2D eigenvalue weighted by molar-refractivity contribution is 0.539. The maximum Gasteiger partial charge on any atom is 0.0954 e. The molecule has 2 rings (SSSR count). The molecule has 1 heterocycles. The number of benzene rings is 1. The average molecular weight is 278 g/mol. The Labute approximate surface area is 119 Å². The topological polar surface area (TPSA) is 29.9 Å². The van der Waals surface area contributed by atoms with E-state index in [0.717, 1.165) is 11.6 Å². The molecular formula is C15H20ClN3. The van der Waals surface area contributed by atoms with Gasteiger partial charge in [-0.3, -0.25) is 0 Å². The summed E-state index contributed by atoms with van der Waals surface area (Å²) in [6.45, 7) is 7.26. The van der Waals surface area contributed by atoms with Crippen LogP contribution in [0.25, 0.3) is 0 Å². The molecule has 0 saturated heterocycles. The third kappa shape index (κ3) is 3.58. The predicted octanol–water partition coefficient (Wildman–Crippen LogP) is 3.64. The van der Waals surface area contributed by atoms with Crippen molar-refractivity contribution in [2.24, 2.45) is 0 Å². The molecule has 1 atom stereocenters. The number of nitrogens with one attached hydrogen (secondary N) is 1. The lowest BCUT2D eigenvalue weighted by Crippen LogP contribution is -2.24. The molecule has 1 aromatic heterocycles. The zero-order chi connectivity index (χ0) is 13.8. The van der Waals surface area contributed by atoms with Crippen molar-refractivity contribution >= 4 is 11.6 Å². The Bertz CT molecular complexity index is 534. The maximum atomic E-state index is 6.06. The minimum Gasteiger partial charge on any atom is -0.326 e. The molecule has 0 bridgehead atoms. The molecule has 0 fully saturated rings. The monoisotopic (exact) mass is 277 g/mol. The summed E-state index contributed by atoms with van der Waals surface area (Å²) in [5.41, 5.74) is 2.37. The summed E-state index contributed by atoms with van der Waals surface area (Å²) in [4.78, 5) is 4.26. The summed E-state index contributed by atoms with van der Waals surface area (Å²) in [5, 5.41) is 4.19. The first-order chi connectivity index (χ1) is 9.08. The molecule has 0 aliphatic heterocycles. The van der Waals surface area contributed by atoms with Crippen molar-refractivity contribution < 1.29 is 0 Å². The molecule has 0 radical (unpaired) electrons. The molecular weight excluding hydrogens is 258 g/mol. The van der Waals surface area contributed by atoms with Crippen molar-refractivity contribution in [1.29, 1.82) is 0 Å². The first-order valence-electron chi connectivity index (χ1n) is 6.57. The second-order valence-corrected chi connectivity index (χ2v) is 5.50. The molecule has 19 heavy (non-hydrogen) atoms. The largest absolute Gasteiger partial charge is 0.326 e. The Morgan fingerprint density at radius 1 is 1.32 bits per heavy atom. The second kappa shape index (κ2) is 6.22. The van der Waals surface area contributed by atoms with Crippen molar-refractivity contribution in [3.8, 4) is 0 Å². The zero-order valence-corrected chi connectivity index (χ0v) is 12.4. The van der Waals surface area contributed by atoms with Gasteiger partial charge in [-0.05, 0) is 24.6 Å². The van der Waals surface area contributed by atoms with Crippen LogP contribution in [0.4, 0.5) is 0 Å². The molecule has 1 aromatic carbocycles. The SMILES string of the molecule is CC(C)NCc1cncn1C(C)c1cccc(Cl)c1. The van der Waals surface area contributed by atoms with Gasteiger partial charge in [-0.2, -0.15) is 0 Å². The summed E-state index contributed by atoms with van der Waals surface area (Å²) >= 11 is 6.06. The molecule has 3 nitrogen and oxygen atoms in total. The molecule has 4 heteroatoms. The lowest BCUT2D eigenvalue weighted by Gasteiger charge is -2.18. The van der Waals surface area contributed by atoms with Crippen molar-refractivity contribution in [1.82, 2.24) is 14.9 Å². The smallest absolute Gasteiger partial charge is 0.0954 e. The maximum absolute atomic E-state index is 6.06. The van der Waals surface area contributed by atoms with E-state index in [1.54, 1.807) is 0 Å². The number of imidazole rings is 1. The van der Waals surface area contributed by atoms with E-state index in [4.69, 9.17) is 11.6 Å². The van der Waals surface area contributed by atoms with Gasteiger partial charge in [-0.15, -0.1) is 0 Å². The predicted molar refractivity (Wildman–Crippen MR) is 79.5 cm³/mol. The molecule has 2 aromatic rings. The van der Waals surface area contributed by atoms with Crippen LogP contribution in [-0.4, -0.2) is 15.6 Å². The molecule has 0 amide bonds. The van der Waals surface area contributed by atoms with Gasteiger partial charge in [0.15, 0.2) is 0 Å². The minimum absolute atomic E-state index is 0.227. The van der Waals surface area contributed by atoms with E-state index in [0.29, 0.717) is 6.04 Å². The van der Waals surface area contributed by atoms with Crippen molar-refractivity contribution in [3.63, 3.8) is 0 Å². The highest BCUT2D eigenvalue weighted by Crippen LogP contribution is 2.22. The van der Waals surface area contributed by atoms with Crippen LogP contribution < -0.4 is 5.32 Å². The van der Waals surface area contributed by atoms with Gasteiger partial charge in [-0.1, -0.05) is 37.6 Å². The van der Waals surface area contributed by atoms with Crippen LogP contribution in [-0.2, 0) is 6.54 Å². The molecule has 0 spiro atoms.